The van der Waals surface area contributed by atoms with Crippen LogP contribution in [0.5, 0.6) is 0 Å². The quantitative estimate of drug-likeness (QED) is 0.844. The van der Waals surface area contributed by atoms with Gasteiger partial charge < -0.3 is 5.11 Å². The van der Waals surface area contributed by atoms with Gasteiger partial charge in [-0.3, -0.25) is 4.98 Å². The molecule has 0 atom stereocenters. The van der Waals surface area contributed by atoms with Crippen molar-refractivity contribution in [1.29, 1.82) is 0 Å². The molecular formula is C14H15BrN2O3S. The van der Waals surface area contributed by atoms with E-state index in [2.05, 4.69) is 25.6 Å². The Morgan fingerprint density at radius 2 is 2.05 bits per heavy atom. The lowest BCUT2D eigenvalue weighted by Crippen LogP contribution is -2.24. The van der Waals surface area contributed by atoms with E-state index in [0.717, 1.165) is 5.69 Å². The van der Waals surface area contributed by atoms with Gasteiger partial charge in [0.2, 0.25) is 10.0 Å². The van der Waals surface area contributed by atoms with Crippen molar-refractivity contribution in [3.63, 3.8) is 0 Å². The molecule has 1 aromatic carbocycles. The van der Waals surface area contributed by atoms with Gasteiger partial charge in [0.25, 0.3) is 0 Å². The van der Waals surface area contributed by atoms with Gasteiger partial charge in [-0.1, -0.05) is 12.1 Å². The summed E-state index contributed by atoms with van der Waals surface area (Å²) >= 11 is 3.22. The third-order valence-corrected chi connectivity index (χ3v) is 5.24. The highest BCUT2D eigenvalue weighted by atomic mass is 79.9. The second-order valence-electron chi connectivity index (χ2n) is 4.52. The van der Waals surface area contributed by atoms with E-state index in [4.69, 9.17) is 5.11 Å². The lowest BCUT2D eigenvalue weighted by atomic mass is 10.2. The summed E-state index contributed by atoms with van der Waals surface area (Å²) in [6, 6.07) is 10.1. The minimum absolute atomic E-state index is 0.123. The first-order chi connectivity index (χ1) is 9.92. The van der Waals surface area contributed by atoms with Crippen LogP contribution in [-0.4, -0.2) is 18.5 Å². The predicted octanol–water partition coefficient (Wildman–Crippen LogP) is 2.12. The lowest BCUT2D eigenvalue weighted by Gasteiger charge is -2.09. The minimum Gasteiger partial charge on any atom is -0.392 e. The van der Waals surface area contributed by atoms with Gasteiger partial charge in [0.05, 0.1) is 23.7 Å². The Balaban J connectivity index is 2.19. The highest BCUT2D eigenvalue weighted by Crippen LogP contribution is 2.23. The average Bonchev–Trinajstić information content (AvgIpc) is 2.45. The molecule has 0 unspecified atom stereocenters. The summed E-state index contributed by atoms with van der Waals surface area (Å²) in [4.78, 5) is 4.38. The summed E-state index contributed by atoms with van der Waals surface area (Å²) < 4.78 is 27.5. The molecule has 2 N–H and O–H groups in total. The molecule has 5 nitrogen and oxygen atoms in total. The van der Waals surface area contributed by atoms with E-state index < -0.39 is 10.0 Å². The molecule has 1 aromatic heterocycles. The summed E-state index contributed by atoms with van der Waals surface area (Å²) in [5.74, 6) is 0. The Kier molecular flexibility index (Phi) is 5.10. The van der Waals surface area contributed by atoms with Crippen molar-refractivity contribution >= 4 is 26.0 Å². The lowest BCUT2D eigenvalue weighted by molar-refractivity contribution is 0.281. The molecule has 112 valence electrons. The molecule has 2 rings (SSSR count). The highest BCUT2D eigenvalue weighted by molar-refractivity contribution is 9.10. The third-order valence-electron chi connectivity index (χ3n) is 2.86. The van der Waals surface area contributed by atoms with Crippen molar-refractivity contribution in [2.24, 2.45) is 0 Å². The van der Waals surface area contributed by atoms with Gasteiger partial charge in [-0.05, 0) is 52.7 Å². The molecule has 0 aliphatic carbocycles. The van der Waals surface area contributed by atoms with Crippen LogP contribution in [0, 0.1) is 6.92 Å². The van der Waals surface area contributed by atoms with Gasteiger partial charge in [0.1, 0.15) is 0 Å². The van der Waals surface area contributed by atoms with Crippen LogP contribution < -0.4 is 4.72 Å². The van der Waals surface area contributed by atoms with Gasteiger partial charge in [-0.25, -0.2) is 13.1 Å². The van der Waals surface area contributed by atoms with Crippen LogP contribution in [0.4, 0.5) is 0 Å². The zero-order valence-electron chi connectivity index (χ0n) is 11.4. The van der Waals surface area contributed by atoms with Crippen molar-refractivity contribution in [1.82, 2.24) is 9.71 Å². The van der Waals surface area contributed by atoms with Crippen LogP contribution in [0.1, 0.15) is 17.0 Å². The molecule has 0 radical (unpaired) electrons. The number of halogens is 1. The van der Waals surface area contributed by atoms with Crippen molar-refractivity contribution in [3.05, 3.63) is 57.8 Å². The normalized spacial score (nSPS) is 11.6. The predicted molar refractivity (Wildman–Crippen MR) is 83.1 cm³/mol. The first-order valence-electron chi connectivity index (χ1n) is 6.24. The van der Waals surface area contributed by atoms with E-state index >= 15 is 0 Å². The molecule has 1 heterocycles. The van der Waals surface area contributed by atoms with Crippen LogP contribution in [0.3, 0.4) is 0 Å². The molecule has 0 aliphatic heterocycles. The molecule has 0 saturated heterocycles. The number of rotatable bonds is 5. The fourth-order valence-corrected chi connectivity index (χ4v) is 3.93. The van der Waals surface area contributed by atoms with Crippen molar-refractivity contribution in [3.8, 4) is 0 Å². The number of hydrogen-bond acceptors (Lipinski definition) is 4. The van der Waals surface area contributed by atoms with E-state index in [0.29, 0.717) is 15.7 Å². The summed E-state index contributed by atoms with van der Waals surface area (Å²) in [7, 11) is -3.65. The van der Waals surface area contributed by atoms with Crippen molar-refractivity contribution in [2.75, 3.05) is 0 Å². The van der Waals surface area contributed by atoms with Crippen LogP contribution in [0.25, 0.3) is 0 Å². The van der Waals surface area contributed by atoms with Gasteiger partial charge >= 0.3 is 0 Å². The third kappa shape index (κ3) is 4.10. The first-order valence-corrected chi connectivity index (χ1v) is 8.51. The maximum Gasteiger partial charge on any atom is 0.242 e. The van der Waals surface area contributed by atoms with Crippen LogP contribution in [0.2, 0.25) is 0 Å². The number of nitrogens with zero attached hydrogens (tertiary/aromatic N) is 1. The zero-order chi connectivity index (χ0) is 15.5. The summed E-state index contributed by atoms with van der Waals surface area (Å²) in [6.45, 7) is 1.83. The molecule has 2 aromatic rings. The molecule has 0 fully saturated rings. The maximum absolute atomic E-state index is 12.3. The number of aromatic nitrogens is 1. The summed E-state index contributed by atoms with van der Waals surface area (Å²) in [6.07, 6.45) is 0. The topological polar surface area (TPSA) is 79.3 Å². The van der Waals surface area contributed by atoms with Gasteiger partial charge in [0, 0.05) is 10.2 Å². The molecule has 0 saturated carbocycles. The van der Waals surface area contributed by atoms with E-state index in [9.17, 15) is 8.42 Å². The van der Waals surface area contributed by atoms with E-state index in [1.165, 1.54) is 6.07 Å². The van der Waals surface area contributed by atoms with Crippen LogP contribution in [0.15, 0.2) is 45.8 Å². The Morgan fingerprint density at radius 3 is 2.67 bits per heavy atom. The number of benzene rings is 1. The van der Waals surface area contributed by atoms with Crippen LogP contribution >= 0.6 is 15.9 Å². The number of aryl methyl sites for hydroxylation is 1. The second kappa shape index (κ2) is 6.65. The second-order valence-corrected chi connectivity index (χ2v) is 7.11. The Hall–Kier alpha value is -1.28. The molecule has 0 amide bonds. The number of hydrogen-bond donors (Lipinski definition) is 2. The number of aliphatic hydroxyl groups excluding tert-OH is 1. The summed E-state index contributed by atoms with van der Waals surface area (Å²) in [5, 5.41) is 9.04. The molecule has 0 aliphatic rings. The fourth-order valence-electron chi connectivity index (χ4n) is 1.81. The Labute approximate surface area is 132 Å². The highest BCUT2D eigenvalue weighted by Gasteiger charge is 2.17. The molecule has 21 heavy (non-hydrogen) atoms. The molecular weight excluding hydrogens is 356 g/mol. The Bertz CT molecular complexity index is 748. The van der Waals surface area contributed by atoms with Gasteiger partial charge in [-0.15, -0.1) is 0 Å². The average molecular weight is 371 g/mol. The van der Waals surface area contributed by atoms with E-state index in [1.807, 2.05) is 19.1 Å². The largest absolute Gasteiger partial charge is 0.392 e. The Morgan fingerprint density at radius 1 is 1.29 bits per heavy atom. The minimum atomic E-state index is -3.65. The monoisotopic (exact) mass is 370 g/mol. The number of nitrogens with one attached hydrogen (secondary N) is 1. The van der Waals surface area contributed by atoms with Crippen LogP contribution in [-0.2, 0) is 23.2 Å². The molecule has 7 heteroatoms. The maximum atomic E-state index is 12.3. The smallest absolute Gasteiger partial charge is 0.242 e. The molecule has 0 bridgehead atoms. The number of sulfonamides is 1. The first kappa shape index (κ1) is 16.1. The number of aliphatic hydroxyl groups is 1. The van der Waals surface area contributed by atoms with Crippen molar-refractivity contribution < 1.29 is 13.5 Å². The van der Waals surface area contributed by atoms with E-state index in [1.54, 1.807) is 18.2 Å². The summed E-state index contributed by atoms with van der Waals surface area (Å²) in [5.41, 5.74) is 2.13. The SMILES string of the molecule is Cc1cccc(CNS(=O)(=O)c2ccc(CO)cc2Br)n1. The zero-order valence-corrected chi connectivity index (χ0v) is 13.8. The fraction of sp³-hybridized carbons (Fsp3) is 0.214. The standard InChI is InChI=1S/C14H15BrN2O3S/c1-10-3-2-4-12(17-10)8-16-21(19,20)14-6-5-11(9-18)7-13(14)15/h2-7,16,18H,8-9H2,1H3. The van der Waals surface area contributed by atoms with Crippen molar-refractivity contribution in [2.45, 2.75) is 25.0 Å². The molecule has 0 spiro atoms. The van der Waals surface area contributed by atoms with Gasteiger partial charge in [-0.2, -0.15) is 0 Å². The van der Waals surface area contributed by atoms with Gasteiger partial charge in [0.15, 0.2) is 0 Å². The number of pyridine rings is 1. The van der Waals surface area contributed by atoms with E-state index in [-0.39, 0.29) is 18.0 Å².